The molecular weight excluding hydrogens is 256 g/mol. The molecule has 2 fully saturated rings. The second-order valence-electron chi connectivity index (χ2n) is 4.72. The fraction of sp³-hybridized carbons (Fsp3) is 0.909. The highest BCUT2D eigenvalue weighted by Crippen LogP contribution is 2.22. The van der Waals surface area contributed by atoms with Gasteiger partial charge in [-0.3, -0.25) is 4.79 Å². The molecule has 0 radical (unpaired) electrons. The van der Waals surface area contributed by atoms with Gasteiger partial charge in [-0.25, -0.2) is 0 Å². The van der Waals surface area contributed by atoms with Crippen molar-refractivity contribution in [1.82, 2.24) is 10.2 Å². The van der Waals surface area contributed by atoms with Crippen LogP contribution < -0.4 is 5.32 Å². The van der Waals surface area contributed by atoms with E-state index in [9.17, 15) is 4.79 Å². The van der Waals surface area contributed by atoms with Crippen LogP contribution in [0.2, 0.25) is 0 Å². The number of halogens is 1. The van der Waals surface area contributed by atoms with E-state index in [-0.39, 0.29) is 0 Å². The number of hydrogen-bond acceptors (Lipinski definition) is 2. The third-order valence-electron chi connectivity index (χ3n) is 3.45. The number of nitrogens with one attached hydrogen (secondary N) is 1. The van der Waals surface area contributed by atoms with Gasteiger partial charge in [0.2, 0.25) is 5.91 Å². The monoisotopic (exact) mass is 274 g/mol. The number of likely N-dealkylation sites (tertiary alicyclic amines) is 1. The van der Waals surface area contributed by atoms with E-state index < -0.39 is 0 Å². The minimum absolute atomic E-state index is 0.359. The maximum Gasteiger partial charge on any atom is 0.222 e. The first-order valence-corrected chi connectivity index (χ1v) is 6.96. The van der Waals surface area contributed by atoms with Crippen molar-refractivity contribution in [3.8, 4) is 0 Å². The summed E-state index contributed by atoms with van der Waals surface area (Å²) in [7, 11) is 0. The van der Waals surface area contributed by atoms with Crippen LogP contribution in [0.3, 0.4) is 0 Å². The molecule has 0 aromatic heterocycles. The molecule has 2 aliphatic rings. The van der Waals surface area contributed by atoms with Crippen molar-refractivity contribution in [3.63, 3.8) is 0 Å². The number of alkyl halides is 1. The molecule has 86 valence electrons. The van der Waals surface area contributed by atoms with Crippen LogP contribution in [0.5, 0.6) is 0 Å². The molecule has 0 aromatic carbocycles. The first-order chi connectivity index (χ1) is 7.29. The second-order valence-corrected chi connectivity index (χ2v) is 5.36. The third-order valence-corrected chi connectivity index (χ3v) is 4.37. The highest BCUT2D eigenvalue weighted by atomic mass is 79.9. The summed E-state index contributed by atoms with van der Waals surface area (Å²) in [5, 5.41) is 4.32. The lowest BCUT2D eigenvalue weighted by Crippen LogP contribution is -2.37. The predicted octanol–water partition coefficient (Wildman–Crippen LogP) is 1.23. The van der Waals surface area contributed by atoms with E-state index in [0.717, 1.165) is 43.8 Å². The minimum Gasteiger partial charge on any atom is -0.342 e. The van der Waals surface area contributed by atoms with Crippen molar-refractivity contribution in [2.75, 3.05) is 31.5 Å². The van der Waals surface area contributed by atoms with Gasteiger partial charge in [0.05, 0.1) is 0 Å². The van der Waals surface area contributed by atoms with Crippen LogP contribution in [-0.2, 0) is 4.79 Å². The Hall–Kier alpha value is -0.0900. The Bertz CT molecular complexity index is 229. The zero-order valence-corrected chi connectivity index (χ0v) is 10.6. The standard InChI is InChI=1S/C11H19BrN2O/c12-6-10-5-11(15)14(8-10)7-9-1-3-13-4-2-9/h9-10,13H,1-8H2. The van der Waals surface area contributed by atoms with Crippen molar-refractivity contribution < 1.29 is 4.79 Å². The Balaban J connectivity index is 1.81. The summed E-state index contributed by atoms with van der Waals surface area (Å²) in [6.07, 6.45) is 3.20. The van der Waals surface area contributed by atoms with Crippen molar-refractivity contribution in [3.05, 3.63) is 0 Å². The van der Waals surface area contributed by atoms with Crippen LogP contribution in [0, 0.1) is 11.8 Å². The second kappa shape index (κ2) is 5.30. The van der Waals surface area contributed by atoms with Gasteiger partial charge < -0.3 is 10.2 Å². The molecule has 1 amide bonds. The number of hydrogen-bond donors (Lipinski definition) is 1. The topological polar surface area (TPSA) is 32.3 Å². The summed E-state index contributed by atoms with van der Waals surface area (Å²) < 4.78 is 0. The molecule has 2 saturated heterocycles. The van der Waals surface area contributed by atoms with Gasteiger partial charge >= 0.3 is 0 Å². The summed E-state index contributed by atoms with van der Waals surface area (Å²) >= 11 is 3.47. The zero-order valence-electron chi connectivity index (χ0n) is 9.04. The molecule has 2 heterocycles. The highest BCUT2D eigenvalue weighted by molar-refractivity contribution is 9.09. The summed E-state index contributed by atoms with van der Waals surface area (Å²) in [6.45, 7) is 4.20. The van der Waals surface area contributed by atoms with Gasteiger partial charge in [-0.2, -0.15) is 0 Å². The quantitative estimate of drug-likeness (QED) is 0.786. The minimum atomic E-state index is 0.359. The van der Waals surface area contributed by atoms with E-state index in [4.69, 9.17) is 0 Å². The Morgan fingerprint density at radius 1 is 1.33 bits per heavy atom. The highest BCUT2D eigenvalue weighted by Gasteiger charge is 2.30. The van der Waals surface area contributed by atoms with E-state index in [1.54, 1.807) is 0 Å². The molecule has 0 saturated carbocycles. The third kappa shape index (κ3) is 2.94. The zero-order chi connectivity index (χ0) is 10.7. The molecule has 0 spiro atoms. The van der Waals surface area contributed by atoms with Crippen LogP contribution in [0.1, 0.15) is 19.3 Å². The molecule has 1 atom stereocenters. The van der Waals surface area contributed by atoms with Crippen molar-refractivity contribution in [2.24, 2.45) is 11.8 Å². The van der Waals surface area contributed by atoms with Gasteiger partial charge in [-0.15, -0.1) is 0 Å². The van der Waals surface area contributed by atoms with Gasteiger partial charge in [0.15, 0.2) is 0 Å². The maximum atomic E-state index is 11.7. The molecule has 2 rings (SSSR count). The number of rotatable bonds is 3. The average molecular weight is 275 g/mol. The maximum absolute atomic E-state index is 11.7. The molecule has 0 aromatic rings. The average Bonchev–Trinajstić information content (AvgIpc) is 2.61. The number of piperidine rings is 1. The molecule has 1 unspecified atom stereocenters. The van der Waals surface area contributed by atoms with E-state index in [2.05, 4.69) is 26.1 Å². The molecule has 4 heteroatoms. The van der Waals surface area contributed by atoms with Crippen LogP contribution in [0.15, 0.2) is 0 Å². The Kier molecular flexibility index (Phi) is 4.03. The number of amides is 1. The van der Waals surface area contributed by atoms with E-state index in [0.29, 0.717) is 11.8 Å². The van der Waals surface area contributed by atoms with Gasteiger partial charge in [0.1, 0.15) is 0 Å². The van der Waals surface area contributed by atoms with E-state index in [1.807, 2.05) is 0 Å². The number of carbonyl (C=O) groups is 1. The van der Waals surface area contributed by atoms with Gasteiger partial charge in [0, 0.05) is 24.8 Å². The normalized spacial score (nSPS) is 28.7. The summed E-state index contributed by atoms with van der Waals surface area (Å²) in [4.78, 5) is 13.8. The van der Waals surface area contributed by atoms with Crippen LogP contribution >= 0.6 is 15.9 Å². The lowest BCUT2D eigenvalue weighted by Gasteiger charge is -2.27. The lowest BCUT2D eigenvalue weighted by atomic mass is 9.98. The van der Waals surface area contributed by atoms with E-state index in [1.165, 1.54) is 12.8 Å². The predicted molar refractivity (Wildman–Crippen MR) is 64.1 cm³/mol. The molecule has 3 nitrogen and oxygen atoms in total. The van der Waals surface area contributed by atoms with E-state index >= 15 is 0 Å². The smallest absolute Gasteiger partial charge is 0.222 e. The largest absolute Gasteiger partial charge is 0.342 e. The van der Waals surface area contributed by atoms with Crippen LogP contribution in [0.25, 0.3) is 0 Å². The Morgan fingerprint density at radius 3 is 2.67 bits per heavy atom. The van der Waals surface area contributed by atoms with Gasteiger partial charge in [-0.1, -0.05) is 15.9 Å². The summed E-state index contributed by atoms with van der Waals surface area (Å²) in [6, 6.07) is 0. The van der Waals surface area contributed by atoms with Crippen molar-refractivity contribution >= 4 is 21.8 Å². The first kappa shape index (κ1) is 11.4. The SMILES string of the molecule is O=C1CC(CBr)CN1CC1CCNCC1. The van der Waals surface area contributed by atoms with Gasteiger partial charge in [0.25, 0.3) is 0 Å². The van der Waals surface area contributed by atoms with Crippen molar-refractivity contribution in [2.45, 2.75) is 19.3 Å². The summed E-state index contributed by atoms with van der Waals surface area (Å²) in [5.74, 6) is 1.63. The van der Waals surface area contributed by atoms with Gasteiger partial charge in [-0.05, 0) is 37.8 Å². The summed E-state index contributed by atoms with van der Waals surface area (Å²) in [5.41, 5.74) is 0. The molecule has 2 aliphatic heterocycles. The molecule has 1 N–H and O–H groups in total. The molecule has 0 aliphatic carbocycles. The van der Waals surface area contributed by atoms with Crippen molar-refractivity contribution in [1.29, 1.82) is 0 Å². The molecular formula is C11H19BrN2O. The lowest BCUT2D eigenvalue weighted by molar-refractivity contribution is -0.128. The number of nitrogens with zero attached hydrogens (tertiary/aromatic N) is 1. The Morgan fingerprint density at radius 2 is 2.07 bits per heavy atom. The molecule has 15 heavy (non-hydrogen) atoms. The molecule has 0 bridgehead atoms. The fourth-order valence-corrected chi connectivity index (χ4v) is 2.94. The number of carbonyl (C=O) groups excluding carboxylic acids is 1. The first-order valence-electron chi connectivity index (χ1n) is 5.84. The Labute approximate surface area is 99.7 Å². The van der Waals surface area contributed by atoms with Crippen LogP contribution in [0.4, 0.5) is 0 Å². The fourth-order valence-electron chi connectivity index (χ4n) is 2.51. The van der Waals surface area contributed by atoms with Crippen LogP contribution in [-0.4, -0.2) is 42.3 Å².